The Balaban J connectivity index is 1.42. The van der Waals surface area contributed by atoms with Crippen LogP contribution in [0, 0.1) is 13.8 Å². The lowest BCUT2D eigenvalue weighted by atomic mass is 10.1. The van der Waals surface area contributed by atoms with Crippen molar-refractivity contribution in [3.05, 3.63) is 65.0 Å². The van der Waals surface area contributed by atoms with Gasteiger partial charge >= 0.3 is 0 Å². The number of nitrogens with zero attached hydrogens (tertiary/aromatic N) is 5. The van der Waals surface area contributed by atoms with Crippen molar-refractivity contribution in [2.75, 3.05) is 42.1 Å². The number of para-hydroxylation sites is 1. The second kappa shape index (κ2) is 9.31. The van der Waals surface area contributed by atoms with Gasteiger partial charge in [-0.2, -0.15) is 15.0 Å². The summed E-state index contributed by atoms with van der Waals surface area (Å²) in [6.45, 7) is 11.1. The molecule has 0 spiro atoms. The van der Waals surface area contributed by atoms with Gasteiger partial charge in [-0.25, -0.2) is 0 Å². The molecule has 0 atom stereocenters. The molecule has 0 amide bonds. The van der Waals surface area contributed by atoms with E-state index < -0.39 is 0 Å². The third kappa shape index (κ3) is 4.94. The van der Waals surface area contributed by atoms with E-state index in [4.69, 9.17) is 5.73 Å². The Morgan fingerprint density at radius 2 is 1.71 bits per heavy atom. The van der Waals surface area contributed by atoms with Crippen LogP contribution in [0.15, 0.2) is 42.5 Å². The Bertz CT molecular complexity index is 1040. The highest BCUT2D eigenvalue weighted by molar-refractivity contribution is 5.59. The van der Waals surface area contributed by atoms with Gasteiger partial charge in [-0.05, 0) is 49.1 Å². The third-order valence-corrected chi connectivity index (χ3v) is 6.00. The number of aryl methyl sites for hydroxylation is 2. The van der Waals surface area contributed by atoms with Crippen molar-refractivity contribution >= 4 is 23.3 Å². The van der Waals surface area contributed by atoms with Crippen LogP contribution in [0.25, 0.3) is 0 Å². The van der Waals surface area contributed by atoms with Crippen LogP contribution in [-0.4, -0.2) is 46.0 Å². The molecule has 3 aromatic rings. The van der Waals surface area contributed by atoms with E-state index in [9.17, 15) is 0 Å². The van der Waals surface area contributed by atoms with Crippen molar-refractivity contribution < 1.29 is 0 Å². The summed E-state index contributed by atoms with van der Waals surface area (Å²) in [5.74, 6) is 1.44. The van der Waals surface area contributed by atoms with Crippen LogP contribution >= 0.6 is 0 Å². The first kappa shape index (κ1) is 21.1. The predicted octanol–water partition coefficient (Wildman–Crippen LogP) is 3.70. The molecule has 1 aliphatic heterocycles. The largest absolute Gasteiger partial charge is 0.369 e. The van der Waals surface area contributed by atoms with Crippen LogP contribution in [0.3, 0.4) is 0 Å². The zero-order chi connectivity index (χ0) is 21.8. The maximum atomic E-state index is 5.99. The first-order chi connectivity index (χ1) is 15.0. The van der Waals surface area contributed by atoms with Gasteiger partial charge in [-0.3, -0.25) is 4.90 Å². The monoisotopic (exact) mass is 417 g/mol. The minimum absolute atomic E-state index is 0.246. The summed E-state index contributed by atoms with van der Waals surface area (Å²) < 4.78 is 0. The lowest BCUT2D eigenvalue weighted by Crippen LogP contribution is -2.46. The van der Waals surface area contributed by atoms with Crippen LogP contribution in [0.2, 0.25) is 0 Å². The van der Waals surface area contributed by atoms with Gasteiger partial charge in [-0.15, -0.1) is 0 Å². The second-order valence-electron chi connectivity index (χ2n) is 8.05. The van der Waals surface area contributed by atoms with Gasteiger partial charge in [0.25, 0.3) is 0 Å². The van der Waals surface area contributed by atoms with Gasteiger partial charge in [0.15, 0.2) is 0 Å². The summed E-state index contributed by atoms with van der Waals surface area (Å²) in [4.78, 5) is 18.1. The van der Waals surface area contributed by atoms with Crippen LogP contribution in [0.4, 0.5) is 23.3 Å². The first-order valence-electron chi connectivity index (χ1n) is 10.9. The molecule has 0 unspecified atom stereocenters. The zero-order valence-electron chi connectivity index (χ0n) is 18.6. The molecule has 31 heavy (non-hydrogen) atoms. The summed E-state index contributed by atoms with van der Waals surface area (Å²) in [7, 11) is 0. The van der Waals surface area contributed by atoms with E-state index in [1.54, 1.807) is 0 Å². The molecule has 0 saturated carbocycles. The predicted molar refractivity (Wildman–Crippen MR) is 127 cm³/mol. The summed E-state index contributed by atoms with van der Waals surface area (Å²) >= 11 is 0. The maximum absolute atomic E-state index is 5.99. The minimum Gasteiger partial charge on any atom is -0.369 e. The van der Waals surface area contributed by atoms with Crippen molar-refractivity contribution in [3.63, 3.8) is 0 Å². The number of benzene rings is 2. The molecule has 1 fully saturated rings. The van der Waals surface area contributed by atoms with E-state index in [1.807, 2.05) is 18.2 Å². The molecule has 7 heteroatoms. The number of nitrogen functional groups attached to an aromatic ring is 1. The zero-order valence-corrected chi connectivity index (χ0v) is 18.6. The average molecular weight is 418 g/mol. The Kier molecular flexibility index (Phi) is 6.32. The number of rotatable bonds is 6. The molecule has 7 nitrogen and oxygen atoms in total. The van der Waals surface area contributed by atoms with Crippen LogP contribution in [0.1, 0.15) is 29.4 Å². The Morgan fingerprint density at radius 3 is 2.48 bits per heavy atom. The van der Waals surface area contributed by atoms with Crippen molar-refractivity contribution in [1.29, 1.82) is 0 Å². The quantitative estimate of drug-likeness (QED) is 0.633. The van der Waals surface area contributed by atoms with Crippen molar-refractivity contribution in [2.24, 2.45) is 0 Å². The van der Waals surface area contributed by atoms with E-state index in [0.29, 0.717) is 18.3 Å². The van der Waals surface area contributed by atoms with Crippen LogP contribution in [-0.2, 0) is 13.0 Å². The Hall–Kier alpha value is -3.19. The second-order valence-corrected chi connectivity index (χ2v) is 8.05. The smallest absolute Gasteiger partial charge is 0.232 e. The van der Waals surface area contributed by atoms with E-state index in [-0.39, 0.29) is 5.95 Å². The average Bonchev–Trinajstić information content (AvgIpc) is 2.76. The van der Waals surface area contributed by atoms with Gasteiger partial charge in [0.05, 0.1) is 6.54 Å². The van der Waals surface area contributed by atoms with Gasteiger partial charge in [0.2, 0.25) is 11.9 Å². The lowest BCUT2D eigenvalue weighted by molar-refractivity contribution is 0.244. The molecule has 0 bridgehead atoms. The fraction of sp³-hybridized carbons (Fsp3) is 0.375. The van der Waals surface area contributed by atoms with Gasteiger partial charge in [-0.1, -0.05) is 37.3 Å². The lowest BCUT2D eigenvalue weighted by Gasteiger charge is -2.36. The highest BCUT2D eigenvalue weighted by Crippen LogP contribution is 2.24. The normalized spacial score (nSPS) is 14.6. The number of aromatic nitrogens is 3. The molecule has 2 heterocycles. The summed E-state index contributed by atoms with van der Waals surface area (Å²) in [6.07, 6.45) is 0.932. The molecule has 1 aromatic heterocycles. The first-order valence-corrected chi connectivity index (χ1v) is 10.9. The van der Waals surface area contributed by atoms with Crippen molar-refractivity contribution in [1.82, 2.24) is 19.9 Å². The maximum Gasteiger partial charge on any atom is 0.232 e. The van der Waals surface area contributed by atoms with Gasteiger partial charge in [0, 0.05) is 37.6 Å². The Labute approximate surface area is 184 Å². The minimum atomic E-state index is 0.246. The molecule has 2 aromatic carbocycles. The molecule has 3 N–H and O–H groups in total. The standard InChI is InChI=1S/C24H31N7/c1-4-19-9-5-6-10-20(19)26-24-28-22(27-23(25)29-24)16-30-12-14-31(15-13-30)21-11-7-8-17(2)18(21)3/h5-11H,4,12-16H2,1-3H3,(H3,25,26,27,28,29). The van der Waals surface area contributed by atoms with Crippen LogP contribution < -0.4 is 16.0 Å². The van der Waals surface area contributed by atoms with E-state index >= 15 is 0 Å². The molecule has 1 aliphatic rings. The SMILES string of the molecule is CCc1ccccc1Nc1nc(N)nc(CN2CCN(c3cccc(C)c3C)CC2)n1. The highest BCUT2D eigenvalue weighted by atomic mass is 15.3. The number of piperazine rings is 1. The molecule has 1 saturated heterocycles. The highest BCUT2D eigenvalue weighted by Gasteiger charge is 2.20. The fourth-order valence-electron chi connectivity index (χ4n) is 4.06. The number of hydrogen-bond donors (Lipinski definition) is 2. The topological polar surface area (TPSA) is 83.2 Å². The van der Waals surface area contributed by atoms with E-state index in [0.717, 1.165) is 38.3 Å². The molecule has 4 rings (SSSR count). The fourth-order valence-corrected chi connectivity index (χ4v) is 4.06. The summed E-state index contributed by atoms with van der Waals surface area (Å²) in [5.41, 5.74) is 12.2. The molecule has 162 valence electrons. The van der Waals surface area contributed by atoms with Crippen molar-refractivity contribution in [2.45, 2.75) is 33.7 Å². The number of nitrogens with two attached hydrogens (primary N) is 1. The number of anilines is 4. The van der Waals surface area contributed by atoms with Crippen molar-refractivity contribution in [3.8, 4) is 0 Å². The summed E-state index contributed by atoms with van der Waals surface area (Å²) in [6, 6.07) is 14.7. The summed E-state index contributed by atoms with van der Waals surface area (Å²) in [5, 5.41) is 3.31. The molecule has 0 radical (unpaired) electrons. The van der Waals surface area contributed by atoms with E-state index in [2.05, 4.69) is 75.1 Å². The van der Waals surface area contributed by atoms with Crippen LogP contribution in [0.5, 0.6) is 0 Å². The Morgan fingerprint density at radius 1 is 0.935 bits per heavy atom. The van der Waals surface area contributed by atoms with E-state index in [1.165, 1.54) is 22.4 Å². The number of nitrogens with one attached hydrogen (secondary N) is 1. The van der Waals surface area contributed by atoms with Gasteiger partial charge < -0.3 is 16.0 Å². The number of hydrogen-bond acceptors (Lipinski definition) is 7. The molecular formula is C24H31N7. The molecule has 0 aliphatic carbocycles. The third-order valence-electron chi connectivity index (χ3n) is 6.00. The van der Waals surface area contributed by atoms with Gasteiger partial charge in [0.1, 0.15) is 5.82 Å². The molecular weight excluding hydrogens is 386 g/mol.